The molecule has 4 aromatic rings. The third-order valence-electron chi connectivity index (χ3n) is 4.42. The average Bonchev–Trinajstić information content (AvgIpc) is 2.72. The Morgan fingerprint density at radius 3 is 2.38 bits per heavy atom. The molecule has 0 atom stereocenters. The third-order valence-corrected chi connectivity index (χ3v) is 4.86. The molecule has 0 aliphatic rings. The van der Waals surface area contributed by atoms with Crippen LogP contribution >= 0.6 is 23.2 Å². The van der Waals surface area contributed by atoms with Gasteiger partial charge in [-0.25, -0.2) is 9.97 Å². The number of amides is 1. The monoisotopic (exact) mass is 424 g/mol. The molecule has 0 bridgehead atoms. The van der Waals surface area contributed by atoms with E-state index >= 15 is 0 Å². The van der Waals surface area contributed by atoms with Crippen LogP contribution in [0.1, 0.15) is 10.4 Å². The lowest BCUT2D eigenvalue weighted by Gasteiger charge is -2.18. The second kappa shape index (κ2) is 7.66. The van der Waals surface area contributed by atoms with Gasteiger partial charge in [0.1, 0.15) is 5.52 Å². The Bertz CT molecular complexity index is 1270. The molecule has 2 heterocycles. The van der Waals surface area contributed by atoms with Gasteiger partial charge in [-0.3, -0.25) is 14.2 Å². The van der Waals surface area contributed by atoms with Gasteiger partial charge >= 0.3 is 0 Å². The third kappa shape index (κ3) is 3.72. The molecule has 0 aliphatic heterocycles. The lowest BCUT2D eigenvalue weighted by molar-refractivity contribution is 0.0993. The summed E-state index contributed by atoms with van der Waals surface area (Å²) < 4.78 is 1.46. The maximum Gasteiger partial charge on any atom is 0.275 e. The maximum absolute atomic E-state index is 12.8. The number of aromatic nitrogens is 3. The summed E-state index contributed by atoms with van der Waals surface area (Å²) >= 11 is 12.1. The minimum Gasteiger partial charge on any atom is -0.311 e. The summed E-state index contributed by atoms with van der Waals surface area (Å²) in [6.45, 7) is 0. The Balaban J connectivity index is 1.69. The molecule has 0 saturated carbocycles. The topological polar surface area (TPSA) is 68.1 Å². The fraction of sp³-hybridized carbons (Fsp3) is 0.0476. The number of benzene rings is 2. The molecule has 0 spiro atoms. The number of rotatable bonds is 3. The van der Waals surface area contributed by atoms with Crippen molar-refractivity contribution in [2.24, 2.45) is 0 Å². The SMILES string of the molecule is CN(C(=O)c1ccc(-n2c(=O)cnc3cccnc32)cc1)c1cc(Cl)cc(Cl)c1. The van der Waals surface area contributed by atoms with Crippen molar-refractivity contribution in [2.75, 3.05) is 11.9 Å². The van der Waals surface area contributed by atoms with E-state index < -0.39 is 0 Å². The number of hydrogen-bond acceptors (Lipinski definition) is 4. The summed E-state index contributed by atoms with van der Waals surface area (Å²) in [6.07, 6.45) is 2.85. The molecule has 0 fully saturated rings. The molecule has 144 valence electrons. The van der Waals surface area contributed by atoms with Gasteiger partial charge in [0.05, 0.1) is 11.9 Å². The highest BCUT2D eigenvalue weighted by Gasteiger charge is 2.15. The maximum atomic E-state index is 12.8. The predicted molar refractivity (Wildman–Crippen MR) is 114 cm³/mol. The Morgan fingerprint density at radius 2 is 1.69 bits per heavy atom. The minimum absolute atomic E-state index is 0.236. The second-order valence-electron chi connectivity index (χ2n) is 6.32. The number of halogens is 2. The van der Waals surface area contributed by atoms with Crippen molar-refractivity contribution in [3.63, 3.8) is 0 Å². The van der Waals surface area contributed by atoms with E-state index in [2.05, 4.69) is 9.97 Å². The van der Waals surface area contributed by atoms with Crippen LogP contribution in [0.4, 0.5) is 5.69 Å². The van der Waals surface area contributed by atoms with E-state index in [9.17, 15) is 9.59 Å². The van der Waals surface area contributed by atoms with Gasteiger partial charge in [0.15, 0.2) is 5.65 Å². The standard InChI is InChI=1S/C21H14Cl2N4O2/c1-26(17-10-14(22)9-15(23)11-17)21(29)13-4-6-16(7-5-13)27-19(28)12-25-18-3-2-8-24-20(18)27/h2-12H,1H3. The fourth-order valence-electron chi connectivity index (χ4n) is 2.99. The number of fused-ring (bicyclic) bond motifs is 1. The van der Waals surface area contributed by atoms with Crippen molar-refractivity contribution >= 4 is 46.0 Å². The molecule has 8 heteroatoms. The molecule has 0 saturated heterocycles. The molecule has 29 heavy (non-hydrogen) atoms. The van der Waals surface area contributed by atoms with Gasteiger partial charge < -0.3 is 4.90 Å². The van der Waals surface area contributed by atoms with E-state index in [1.165, 1.54) is 15.7 Å². The number of hydrogen-bond donors (Lipinski definition) is 0. The molecule has 0 aliphatic carbocycles. The van der Waals surface area contributed by atoms with Crippen LogP contribution in [0.25, 0.3) is 16.9 Å². The smallest absolute Gasteiger partial charge is 0.275 e. The highest BCUT2D eigenvalue weighted by molar-refractivity contribution is 6.35. The first-order valence-electron chi connectivity index (χ1n) is 8.61. The highest BCUT2D eigenvalue weighted by atomic mass is 35.5. The average molecular weight is 425 g/mol. The van der Waals surface area contributed by atoms with Gasteiger partial charge in [-0.2, -0.15) is 0 Å². The zero-order valence-corrected chi connectivity index (χ0v) is 16.7. The molecule has 1 amide bonds. The first-order chi connectivity index (χ1) is 13.9. The van der Waals surface area contributed by atoms with Crippen molar-refractivity contribution in [3.8, 4) is 5.69 Å². The van der Waals surface area contributed by atoms with Crippen LogP contribution in [-0.2, 0) is 0 Å². The number of nitrogens with zero attached hydrogens (tertiary/aromatic N) is 4. The normalized spacial score (nSPS) is 10.9. The van der Waals surface area contributed by atoms with E-state index in [4.69, 9.17) is 23.2 Å². The first kappa shape index (κ1) is 19.1. The van der Waals surface area contributed by atoms with Crippen LogP contribution in [0.3, 0.4) is 0 Å². The molecular formula is C21H14Cl2N4O2. The van der Waals surface area contributed by atoms with E-state index in [0.29, 0.717) is 38.1 Å². The van der Waals surface area contributed by atoms with Crippen LogP contribution in [0.15, 0.2) is 71.8 Å². The Kier molecular flexibility index (Phi) is 5.05. The zero-order valence-electron chi connectivity index (χ0n) is 15.2. The molecule has 0 unspecified atom stereocenters. The van der Waals surface area contributed by atoms with Crippen molar-refractivity contribution in [2.45, 2.75) is 0 Å². The number of carbonyl (C=O) groups excluding carboxylic acids is 1. The fourth-order valence-corrected chi connectivity index (χ4v) is 3.51. The quantitative estimate of drug-likeness (QED) is 0.489. The summed E-state index contributed by atoms with van der Waals surface area (Å²) in [5.41, 5.74) is 2.37. The zero-order chi connectivity index (χ0) is 20.5. The molecule has 2 aromatic heterocycles. The van der Waals surface area contributed by atoms with Crippen LogP contribution in [0, 0.1) is 0 Å². The molecule has 4 rings (SSSR count). The Hall–Kier alpha value is -3.22. The minimum atomic E-state index is -0.305. The molecule has 0 N–H and O–H groups in total. The predicted octanol–water partition coefficient (Wildman–Crippen LogP) is 4.36. The lowest BCUT2D eigenvalue weighted by atomic mass is 10.1. The first-order valence-corrected chi connectivity index (χ1v) is 9.37. The van der Waals surface area contributed by atoms with Crippen LogP contribution in [0.2, 0.25) is 10.0 Å². The number of pyridine rings is 1. The summed E-state index contributed by atoms with van der Waals surface area (Å²) in [7, 11) is 1.64. The van der Waals surface area contributed by atoms with Crippen molar-refractivity contribution in [1.82, 2.24) is 14.5 Å². The Labute approximate surface area is 176 Å². The summed E-state index contributed by atoms with van der Waals surface area (Å²) in [4.78, 5) is 35.0. The van der Waals surface area contributed by atoms with Crippen molar-refractivity contribution in [1.29, 1.82) is 0 Å². The van der Waals surface area contributed by atoms with Crippen molar-refractivity contribution in [3.05, 3.63) is 93.0 Å². The molecular weight excluding hydrogens is 411 g/mol. The van der Waals surface area contributed by atoms with Crippen LogP contribution < -0.4 is 10.5 Å². The lowest BCUT2D eigenvalue weighted by Crippen LogP contribution is -2.26. The summed E-state index contributed by atoms with van der Waals surface area (Å²) in [5.74, 6) is -0.236. The summed E-state index contributed by atoms with van der Waals surface area (Å²) in [5, 5.41) is 0.887. The van der Waals surface area contributed by atoms with Crippen LogP contribution in [-0.4, -0.2) is 27.5 Å². The van der Waals surface area contributed by atoms with Gasteiger partial charge in [-0.15, -0.1) is 0 Å². The van der Waals surface area contributed by atoms with Gasteiger partial charge in [-0.05, 0) is 54.6 Å². The van der Waals surface area contributed by atoms with E-state index in [1.54, 1.807) is 67.8 Å². The van der Waals surface area contributed by atoms with Gasteiger partial charge in [0, 0.05) is 34.5 Å². The molecule has 2 aromatic carbocycles. The van der Waals surface area contributed by atoms with Crippen LogP contribution in [0.5, 0.6) is 0 Å². The second-order valence-corrected chi connectivity index (χ2v) is 7.19. The summed E-state index contributed by atoms with van der Waals surface area (Å²) in [6, 6.07) is 15.2. The highest BCUT2D eigenvalue weighted by Crippen LogP contribution is 2.26. The Morgan fingerprint density at radius 1 is 1.00 bits per heavy atom. The van der Waals surface area contributed by atoms with Gasteiger partial charge in [0.2, 0.25) is 0 Å². The molecule has 0 radical (unpaired) electrons. The van der Waals surface area contributed by atoms with Gasteiger partial charge in [-0.1, -0.05) is 23.2 Å². The van der Waals surface area contributed by atoms with Gasteiger partial charge in [0.25, 0.3) is 11.5 Å². The van der Waals surface area contributed by atoms with E-state index in [1.807, 2.05) is 0 Å². The van der Waals surface area contributed by atoms with E-state index in [-0.39, 0.29) is 11.5 Å². The number of carbonyl (C=O) groups is 1. The van der Waals surface area contributed by atoms with Crippen molar-refractivity contribution < 1.29 is 4.79 Å². The largest absolute Gasteiger partial charge is 0.311 e. The molecule has 6 nitrogen and oxygen atoms in total. The van der Waals surface area contributed by atoms with E-state index in [0.717, 1.165) is 0 Å². The number of anilines is 1.